The van der Waals surface area contributed by atoms with Crippen LogP contribution >= 0.6 is 11.6 Å². The Morgan fingerprint density at radius 3 is 2.77 bits per heavy atom. The first kappa shape index (κ1) is 27.5. The van der Waals surface area contributed by atoms with E-state index in [1.165, 1.54) is 37.7 Å². The molecule has 202 valence electrons. The lowest BCUT2D eigenvalue weighted by Crippen LogP contribution is -2.29. The summed E-state index contributed by atoms with van der Waals surface area (Å²) >= 11 is 6.52. The highest BCUT2D eigenvalue weighted by Crippen LogP contribution is 2.41. The van der Waals surface area contributed by atoms with Crippen molar-refractivity contribution >= 4 is 23.2 Å². The van der Waals surface area contributed by atoms with Crippen molar-refractivity contribution in [3.8, 4) is 11.8 Å². The van der Waals surface area contributed by atoms with E-state index in [0.29, 0.717) is 17.7 Å². The molecule has 3 heterocycles. The Morgan fingerprint density at radius 2 is 2.10 bits per heavy atom. The van der Waals surface area contributed by atoms with Crippen molar-refractivity contribution in [3.05, 3.63) is 86.9 Å². The molecular weight excluding hydrogens is 529 g/mol. The predicted octanol–water partition coefficient (Wildman–Crippen LogP) is 4.20. The van der Waals surface area contributed by atoms with Gasteiger partial charge in [0.25, 0.3) is 11.5 Å². The Kier molecular flexibility index (Phi) is 7.56. The van der Waals surface area contributed by atoms with Crippen molar-refractivity contribution in [1.29, 1.82) is 5.26 Å². The fourth-order valence-electron chi connectivity index (χ4n) is 4.34. The van der Waals surface area contributed by atoms with Crippen LogP contribution in [0.15, 0.2) is 52.4 Å². The van der Waals surface area contributed by atoms with Crippen molar-refractivity contribution in [2.75, 3.05) is 5.32 Å². The number of aromatic nitrogens is 5. The molecule has 13 heteroatoms. The van der Waals surface area contributed by atoms with Crippen LogP contribution in [0.4, 0.5) is 10.1 Å². The summed E-state index contributed by atoms with van der Waals surface area (Å²) < 4.78 is 21.8. The maximum atomic E-state index is 14.4. The molecule has 39 heavy (non-hydrogen) atoms. The van der Waals surface area contributed by atoms with Crippen LogP contribution in [0.5, 0.6) is 5.75 Å². The molecule has 0 fully saturated rings. The Balaban J connectivity index is 1.84. The first-order valence-corrected chi connectivity index (χ1v) is 12.2. The normalized spacial score (nSPS) is 13.1. The Labute approximate surface area is 227 Å². The van der Waals surface area contributed by atoms with Gasteiger partial charge in [0.1, 0.15) is 23.6 Å². The van der Waals surface area contributed by atoms with Gasteiger partial charge < -0.3 is 14.9 Å². The number of halogens is 2. The van der Waals surface area contributed by atoms with Crippen LogP contribution in [-0.4, -0.2) is 35.5 Å². The summed E-state index contributed by atoms with van der Waals surface area (Å²) in [6.45, 7) is 5.59. The van der Waals surface area contributed by atoms with Gasteiger partial charge in [-0.05, 0) is 43.2 Å². The summed E-state index contributed by atoms with van der Waals surface area (Å²) in [7, 11) is 1.41. The fourth-order valence-corrected chi connectivity index (χ4v) is 4.57. The quantitative estimate of drug-likeness (QED) is 0.329. The number of nitrogens with one attached hydrogen (secondary N) is 1. The van der Waals surface area contributed by atoms with Crippen molar-refractivity contribution < 1.29 is 18.8 Å². The van der Waals surface area contributed by atoms with Crippen LogP contribution in [0.3, 0.4) is 0 Å². The molecule has 3 aromatic heterocycles. The number of aromatic hydroxyl groups is 1. The number of amides is 1. The third-order valence-corrected chi connectivity index (χ3v) is 6.62. The molecule has 11 nitrogen and oxygen atoms in total. The van der Waals surface area contributed by atoms with Gasteiger partial charge in [-0.1, -0.05) is 23.7 Å². The monoisotopic (exact) mass is 553 g/mol. The topological polar surface area (TPSA) is 152 Å². The minimum atomic E-state index is -0.853. The van der Waals surface area contributed by atoms with Crippen LogP contribution in [0.1, 0.15) is 60.0 Å². The predicted molar refractivity (Wildman–Crippen MR) is 139 cm³/mol. The second kappa shape index (κ2) is 10.7. The molecule has 0 spiro atoms. The number of hydrogen-bond acceptors (Lipinski definition) is 8. The van der Waals surface area contributed by atoms with E-state index in [0.717, 1.165) is 4.57 Å². The van der Waals surface area contributed by atoms with Crippen molar-refractivity contribution in [2.45, 2.75) is 39.2 Å². The third kappa shape index (κ3) is 5.68. The van der Waals surface area contributed by atoms with Crippen molar-refractivity contribution in [1.82, 2.24) is 24.5 Å². The average molecular weight is 554 g/mol. The summed E-state index contributed by atoms with van der Waals surface area (Å²) in [5, 5.41) is 30.5. The first-order chi connectivity index (χ1) is 18.4. The van der Waals surface area contributed by atoms with E-state index in [9.17, 15) is 24.3 Å². The van der Waals surface area contributed by atoms with Gasteiger partial charge in [-0.25, -0.2) is 9.37 Å². The molecule has 0 saturated carbocycles. The van der Waals surface area contributed by atoms with E-state index < -0.39 is 46.0 Å². The Hall–Kier alpha value is -4.50. The number of benzene rings is 1. The molecule has 0 aliphatic carbocycles. The second-order valence-corrected chi connectivity index (χ2v) is 10.2. The van der Waals surface area contributed by atoms with E-state index in [-0.39, 0.29) is 16.5 Å². The lowest BCUT2D eigenvalue weighted by atomic mass is 9.82. The number of anilines is 1. The maximum absolute atomic E-state index is 14.4. The third-order valence-electron chi connectivity index (χ3n) is 6.28. The van der Waals surface area contributed by atoms with E-state index in [1.807, 2.05) is 0 Å². The minimum Gasteiger partial charge on any atom is -0.501 e. The van der Waals surface area contributed by atoms with Crippen LogP contribution in [-0.2, 0) is 13.6 Å². The summed E-state index contributed by atoms with van der Waals surface area (Å²) in [6.07, 6.45) is 5.72. The highest BCUT2D eigenvalue weighted by atomic mass is 35.5. The Bertz CT molecular complexity index is 1620. The largest absolute Gasteiger partial charge is 0.501 e. The number of carbonyl (C=O) groups excluding carboxylic acids is 1. The lowest BCUT2D eigenvalue weighted by Gasteiger charge is -2.26. The van der Waals surface area contributed by atoms with Crippen LogP contribution in [0, 0.1) is 22.6 Å². The number of nitrogens with zero attached hydrogens (tertiary/aromatic N) is 6. The molecule has 2 N–H and O–H groups in total. The van der Waals surface area contributed by atoms with Gasteiger partial charge in [0.05, 0.1) is 30.4 Å². The van der Waals surface area contributed by atoms with Gasteiger partial charge >= 0.3 is 0 Å². The van der Waals surface area contributed by atoms with Gasteiger partial charge in [-0.15, -0.1) is 0 Å². The minimum absolute atomic E-state index is 0.128. The highest BCUT2D eigenvalue weighted by molar-refractivity contribution is 6.31. The van der Waals surface area contributed by atoms with Gasteiger partial charge in [0.2, 0.25) is 5.75 Å². The summed E-state index contributed by atoms with van der Waals surface area (Å²) in [5.41, 5.74) is -0.832. The standard InChI is InChI=1S/C26H25ClFN7O4/c1-14(23-33-21(22(36)25(38)34(23)4)24(37)32-17-9-31-39-11-17)20(18-7-16(28)5-6-19(18)27)15-8-30-35(10-15)13-26(2,3)12-29/h5-11,14,20,36H,13H2,1-4H3,(H,32,37)/t14-,20-/m0/s1. The smallest absolute Gasteiger partial charge is 0.296 e. The molecule has 0 radical (unpaired) electrons. The second-order valence-electron chi connectivity index (χ2n) is 9.80. The zero-order valence-electron chi connectivity index (χ0n) is 21.5. The number of rotatable bonds is 8. The van der Waals surface area contributed by atoms with Gasteiger partial charge in [0.15, 0.2) is 5.69 Å². The molecule has 0 aliphatic rings. The number of carbonyl (C=O) groups is 1. The SMILES string of the molecule is C[C@H](c1nc(C(=O)Nc2cnoc2)c(O)c(=O)n1C)[C@@H](c1cnn(CC(C)(C)C#N)c1)c1cc(F)ccc1Cl. The van der Waals surface area contributed by atoms with Crippen LogP contribution in [0.25, 0.3) is 0 Å². The van der Waals surface area contributed by atoms with Gasteiger partial charge in [-0.2, -0.15) is 10.4 Å². The zero-order valence-corrected chi connectivity index (χ0v) is 22.3. The van der Waals surface area contributed by atoms with Gasteiger partial charge in [0, 0.05) is 30.1 Å². The fraction of sp³-hybridized carbons (Fsp3) is 0.308. The molecule has 4 aromatic rings. The summed E-state index contributed by atoms with van der Waals surface area (Å²) in [4.78, 5) is 30.2. The van der Waals surface area contributed by atoms with E-state index in [4.69, 9.17) is 16.1 Å². The average Bonchev–Trinajstić information content (AvgIpc) is 3.57. The summed E-state index contributed by atoms with van der Waals surface area (Å²) in [5.74, 6) is -3.44. The molecule has 0 bridgehead atoms. The zero-order chi connectivity index (χ0) is 28.5. The van der Waals surface area contributed by atoms with Crippen LogP contribution < -0.4 is 10.9 Å². The Morgan fingerprint density at radius 1 is 1.36 bits per heavy atom. The molecule has 1 amide bonds. The van der Waals surface area contributed by atoms with E-state index in [1.54, 1.807) is 37.8 Å². The molecule has 0 aliphatic heterocycles. The maximum Gasteiger partial charge on any atom is 0.296 e. The van der Waals surface area contributed by atoms with Crippen molar-refractivity contribution in [3.63, 3.8) is 0 Å². The molecule has 2 atom stereocenters. The van der Waals surface area contributed by atoms with E-state index in [2.05, 4.69) is 26.6 Å². The van der Waals surface area contributed by atoms with Gasteiger partial charge in [-0.3, -0.25) is 18.8 Å². The van der Waals surface area contributed by atoms with Crippen LogP contribution in [0.2, 0.25) is 5.02 Å². The highest BCUT2D eigenvalue weighted by Gasteiger charge is 2.32. The van der Waals surface area contributed by atoms with Crippen molar-refractivity contribution in [2.24, 2.45) is 12.5 Å². The first-order valence-electron chi connectivity index (χ1n) is 11.8. The lowest BCUT2D eigenvalue weighted by molar-refractivity contribution is 0.101. The molecular formula is C26H25ClFN7O4. The number of hydrogen-bond donors (Lipinski definition) is 2. The molecule has 1 aromatic carbocycles. The number of nitriles is 1. The molecule has 0 unspecified atom stereocenters. The summed E-state index contributed by atoms with van der Waals surface area (Å²) in [6, 6.07) is 6.17. The van der Waals surface area contributed by atoms with E-state index >= 15 is 0 Å². The molecule has 4 rings (SSSR count). The molecule has 0 saturated heterocycles.